The van der Waals surface area contributed by atoms with E-state index in [-0.39, 0.29) is 23.5 Å². The molecule has 1 aliphatic heterocycles. The number of hydrogen-bond donors (Lipinski definition) is 4. The zero-order valence-corrected chi connectivity index (χ0v) is 20.7. The Hall–Kier alpha value is -5.15. The molecule has 6 rings (SSSR count). The van der Waals surface area contributed by atoms with Crippen molar-refractivity contribution >= 4 is 40.1 Å². The normalized spacial score (nSPS) is 14.4. The first-order chi connectivity index (χ1) is 18.9. The van der Waals surface area contributed by atoms with Crippen molar-refractivity contribution in [3.63, 3.8) is 0 Å². The summed E-state index contributed by atoms with van der Waals surface area (Å²) in [6, 6.07) is 18.2. The highest BCUT2D eigenvalue weighted by Gasteiger charge is 2.25. The molecule has 1 amide bonds. The van der Waals surface area contributed by atoms with Crippen LogP contribution in [0.4, 0.5) is 5.69 Å². The van der Waals surface area contributed by atoms with Crippen LogP contribution in [-0.2, 0) is 11.2 Å². The average Bonchev–Trinajstić information content (AvgIpc) is 3.66. The van der Waals surface area contributed by atoms with Gasteiger partial charge in [0.1, 0.15) is 18.1 Å². The average molecular weight is 521 g/mol. The fourth-order valence-electron chi connectivity index (χ4n) is 4.70. The molecule has 1 aliphatic rings. The van der Waals surface area contributed by atoms with E-state index >= 15 is 0 Å². The van der Waals surface area contributed by atoms with Gasteiger partial charge in [0.05, 0.1) is 11.8 Å². The molecule has 5 aromatic rings. The van der Waals surface area contributed by atoms with E-state index in [4.69, 9.17) is 20.0 Å². The van der Waals surface area contributed by atoms with Gasteiger partial charge >= 0.3 is 5.97 Å². The SMILES string of the molecule is N[C@@H](COc1cncc(-c2ccc3c(c2)C(=Cc2ccc(C(=O)O)o2)C(=O)N3)c1)Cc1c[nH]c2ccccc12. The first-order valence-corrected chi connectivity index (χ1v) is 12.3. The second kappa shape index (κ2) is 9.96. The quantitative estimate of drug-likeness (QED) is 0.212. The summed E-state index contributed by atoms with van der Waals surface area (Å²) in [4.78, 5) is 31.4. The molecule has 0 aliphatic carbocycles. The number of carbonyl (C=O) groups is 2. The number of pyridine rings is 1. The fraction of sp³-hybridized carbons (Fsp3) is 0.100. The third-order valence-corrected chi connectivity index (χ3v) is 6.59. The summed E-state index contributed by atoms with van der Waals surface area (Å²) in [5.74, 6) is -0.805. The number of benzene rings is 2. The molecule has 4 heterocycles. The van der Waals surface area contributed by atoms with Crippen molar-refractivity contribution in [3.8, 4) is 16.9 Å². The molecule has 0 unspecified atom stereocenters. The Morgan fingerprint density at radius 2 is 1.97 bits per heavy atom. The minimum absolute atomic E-state index is 0.196. The zero-order valence-electron chi connectivity index (χ0n) is 20.7. The van der Waals surface area contributed by atoms with E-state index in [1.165, 1.54) is 18.2 Å². The van der Waals surface area contributed by atoms with Crippen LogP contribution in [0, 0.1) is 0 Å². The Morgan fingerprint density at radius 1 is 1.10 bits per heavy atom. The third kappa shape index (κ3) is 4.90. The number of carbonyl (C=O) groups excluding carboxylic acids is 1. The highest BCUT2D eigenvalue weighted by molar-refractivity contribution is 6.35. The van der Waals surface area contributed by atoms with Gasteiger partial charge in [0.2, 0.25) is 5.76 Å². The van der Waals surface area contributed by atoms with Crippen molar-refractivity contribution < 1.29 is 23.8 Å². The Balaban J connectivity index is 1.18. The number of fused-ring (bicyclic) bond motifs is 2. The Morgan fingerprint density at radius 3 is 2.82 bits per heavy atom. The van der Waals surface area contributed by atoms with Crippen LogP contribution in [0.3, 0.4) is 0 Å². The summed E-state index contributed by atoms with van der Waals surface area (Å²) >= 11 is 0. The van der Waals surface area contributed by atoms with Crippen molar-refractivity contribution in [1.82, 2.24) is 9.97 Å². The number of amides is 1. The van der Waals surface area contributed by atoms with Crippen molar-refractivity contribution in [2.45, 2.75) is 12.5 Å². The summed E-state index contributed by atoms with van der Waals surface area (Å²) in [5, 5.41) is 13.1. The maximum absolute atomic E-state index is 12.6. The number of nitrogens with two attached hydrogens (primary N) is 1. The highest BCUT2D eigenvalue weighted by Crippen LogP contribution is 2.37. The van der Waals surface area contributed by atoms with Crippen molar-refractivity contribution in [2.75, 3.05) is 11.9 Å². The summed E-state index contributed by atoms with van der Waals surface area (Å²) in [6.07, 6.45) is 7.55. The molecule has 0 saturated heterocycles. The highest BCUT2D eigenvalue weighted by atomic mass is 16.5. The third-order valence-electron chi connectivity index (χ3n) is 6.59. The fourth-order valence-corrected chi connectivity index (χ4v) is 4.70. The van der Waals surface area contributed by atoms with E-state index in [0.29, 0.717) is 35.6 Å². The van der Waals surface area contributed by atoms with Gasteiger partial charge in [0, 0.05) is 46.2 Å². The van der Waals surface area contributed by atoms with Crippen molar-refractivity contribution in [3.05, 3.63) is 102 Å². The first kappa shape index (κ1) is 24.2. The van der Waals surface area contributed by atoms with Crippen LogP contribution in [0.1, 0.15) is 27.4 Å². The number of nitrogens with zero attached hydrogens (tertiary/aromatic N) is 1. The molecule has 9 heteroatoms. The number of ether oxygens (including phenoxy) is 1. The van der Waals surface area contributed by atoms with Gasteiger partial charge in [-0.25, -0.2) is 4.79 Å². The topological polar surface area (TPSA) is 143 Å². The number of para-hydroxylation sites is 1. The number of rotatable bonds is 8. The zero-order chi connectivity index (χ0) is 26.9. The molecule has 194 valence electrons. The second-order valence-corrected chi connectivity index (χ2v) is 9.32. The molecular formula is C30H24N4O5. The van der Waals surface area contributed by atoms with E-state index in [1.54, 1.807) is 12.4 Å². The molecule has 0 radical (unpaired) electrons. The predicted octanol–water partition coefficient (Wildman–Crippen LogP) is 4.96. The molecule has 3 aromatic heterocycles. The van der Waals surface area contributed by atoms with Crippen LogP contribution in [0.2, 0.25) is 0 Å². The van der Waals surface area contributed by atoms with E-state index in [0.717, 1.165) is 27.6 Å². The van der Waals surface area contributed by atoms with Crippen LogP contribution in [0.15, 0.2) is 83.7 Å². The second-order valence-electron chi connectivity index (χ2n) is 9.32. The monoisotopic (exact) mass is 520 g/mol. The number of carboxylic acids is 1. The molecule has 5 N–H and O–H groups in total. The Labute approximate surface area is 222 Å². The van der Waals surface area contributed by atoms with Gasteiger partial charge in [-0.3, -0.25) is 9.78 Å². The minimum atomic E-state index is -1.17. The molecule has 0 saturated carbocycles. The van der Waals surface area contributed by atoms with Gasteiger partial charge in [-0.2, -0.15) is 0 Å². The number of aromatic amines is 1. The molecule has 0 bridgehead atoms. The smallest absolute Gasteiger partial charge is 0.371 e. The van der Waals surface area contributed by atoms with Gasteiger partial charge in [0.25, 0.3) is 5.91 Å². The lowest BCUT2D eigenvalue weighted by atomic mass is 10.00. The lowest BCUT2D eigenvalue weighted by Crippen LogP contribution is -2.30. The summed E-state index contributed by atoms with van der Waals surface area (Å²) in [7, 11) is 0. The standard InChI is InChI=1S/C30H24N4O5/c31-20(9-19-14-33-26-4-2-1-3-23(19)26)16-38-22-10-18(13-32-15-22)17-5-7-27-24(11-17)25(29(35)34-27)12-21-6-8-28(39-21)30(36)37/h1-8,10-15,20,33H,9,16,31H2,(H,34,35)(H,36,37)/t20-/m1/s1. The molecule has 39 heavy (non-hydrogen) atoms. The number of aromatic carboxylic acids is 1. The van der Waals surface area contributed by atoms with Crippen LogP contribution in [0.25, 0.3) is 33.7 Å². The number of hydrogen-bond acceptors (Lipinski definition) is 6. The summed E-state index contributed by atoms with van der Waals surface area (Å²) < 4.78 is 11.3. The molecule has 0 fully saturated rings. The number of carboxylic acid groups (broad SMARTS) is 1. The Bertz CT molecular complexity index is 1750. The van der Waals surface area contributed by atoms with Gasteiger partial charge in [-0.1, -0.05) is 24.3 Å². The van der Waals surface area contributed by atoms with Crippen molar-refractivity contribution in [2.24, 2.45) is 5.73 Å². The van der Waals surface area contributed by atoms with Gasteiger partial charge in [-0.15, -0.1) is 0 Å². The molecular weight excluding hydrogens is 496 g/mol. The predicted molar refractivity (Wildman–Crippen MR) is 147 cm³/mol. The first-order valence-electron chi connectivity index (χ1n) is 12.3. The molecule has 1 atom stereocenters. The van der Waals surface area contributed by atoms with Gasteiger partial charge in [-0.05, 0) is 60.0 Å². The molecule has 9 nitrogen and oxygen atoms in total. The minimum Gasteiger partial charge on any atom is -0.490 e. The van der Waals surface area contributed by atoms with E-state index in [2.05, 4.69) is 21.4 Å². The van der Waals surface area contributed by atoms with E-state index in [1.807, 2.05) is 48.7 Å². The molecule has 2 aromatic carbocycles. The van der Waals surface area contributed by atoms with Crippen molar-refractivity contribution in [1.29, 1.82) is 0 Å². The maximum Gasteiger partial charge on any atom is 0.371 e. The van der Waals surface area contributed by atoms with Crippen LogP contribution in [-0.4, -0.2) is 39.6 Å². The lowest BCUT2D eigenvalue weighted by molar-refractivity contribution is -0.110. The summed E-state index contributed by atoms with van der Waals surface area (Å²) in [6.45, 7) is 0.321. The number of furan rings is 1. The maximum atomic E-state index is 12.6. The number of anilines is 1. The number of nitrogens with one attached hydrogen (secondary N) is 2. The molecule has 0 spiro atoms. The lowest BCUT2D eigenvalue weighted by Gasteiger charge is -2.13. The number of aromatic nitrogens is 2. The number of H-pyrrole nitrogens is 1. The Kier molecular flexibility index (Phi) is 6.18. The van der Waals surface area contributed by atoms with E-state index < -0.39 is 5.97 Å². The van der Waals surface area contributed by atoms with E-state index in [9.17, 15) is 9.59 Å². The van der Waals surface area contributed by atoms with Crippen LogP contribution >= 0.6 is 0 Å². The van der Waals surface area contributed by atoms with Gasteiger partial charge < -0.3 is 30.3 Å². The van der Waals surface area contributed by atoms with Gasteiger partial charge in [0.15, 0.2) is 0 Å². The van der Waals surface area contributed by atoms with Crippen LogP contribution in [0.5, 0.6) is 5.75 Å². The van der Waals surface area contributed by atoms with Crippen LogP contribution < -0.4 is 15.8 Å². The largest absolute Gasteiger partial charge is 0.490 e. The summed E-state index contributed by atoms with van der Waals surface area (Å²) in [5.41, 5.74) is 12.0.